The fourth-order valence-corrected chi connectivity index (χ4v) is 3.90. The number of carbonyl (C=O) groups excluding carboxylic acids is 2. The van der Waals surface area contributed by atoms with Crippen LogP contribution in [0.2, 0.25) is 0 Å². The maximum absolute atomic E-state index is 12.9. The Kier molecular flexibility index (Phi) is 3.09. The van der Waals surface area contributed by atoms with Crippen molar-refractivity contribution in [3.63, 3.8) is 0 Å². The Labute approximate surface area is 149 Å². The Morgan fingerprint density at radius 1 is 1.04 bits per heavy atom. The molecule has 2 unspecified atom stereocenters. The molecule has 130 valence electrons. The van der Waals surface area contributed by atoms with Crippen LogP contribution in [-0.2, 0) is 9.59 Å². The topological polar surface area (TPSA) is 83.7 Å². The number of fused-ring (bicyclic) bond motifs is 2. The van der Waals surface area contributed by atoms with Crippen LogP contribution in [0.25, 0.3) is 5.78 Å². The average molecular weight is 348 g/mol. The number of para-hydroxylation sites is 1. The largest absolute Gasteiger partial charge is 0.355 e. The van der Waals surface area contributed by atoms with Gasteiger partial charge in [0.2, 0.25) is 11.8 Å². The summed E-state index contributed by atoms with van der Waals surface area (Å²) in [5, 5.41) is 4.22. The lowest BCUT2D eigenvalue weighted by Gasteiger charge is -2.22. The second-order valence-electron chi connectivity index (χ2n) is 6.69. The van der Waals surface area contributed by atoms with Gasteiger partial charge in [-0.05, 0) is 19.1 Å². The molecule has 2 aromatic heterocycles. The Morgan fingerprint density at radius 3 is 2.42 bits per heavy atom. The van der Waals surface area contributed by atoms with E-state index in [1.807, 2.05) is 36.1 Å². The van der Waals surface area contributed by atoms with Crippen molar-refractivity contribution in [3.05, 3.63) is 48.4 Å². The second-order valence-corrected chi connectivity index (χ2v) is 6.69. The summed E-state index contributed by atoms with van der Waals surface area (Å²) in [5.41, 5.74) is 1.46. The number of benzene rings is 1. The van der Waals surface area contributed by atoms with Crippen LogP contribution < -0.4 is 9.80 Å². The van der Waals surface area contributed by atoms with Crippen molar-refractivity contribution < 1.29 is 9.59 Å². The Hall–Kier alpha value is -3.29. The first-order valence-corrected chi connectivity index (χ1v) is 8.48. The fraction of sp³-hybridized carbons (Fsp3) is 0.278. The molecule has 2 saturated heterocycles. The van der Waals surface area contributed by atoms with E-state index in [9.17, 15) is 9.59 Å². The van der Waals surface area contributed by atoms with E-state index in [0.29, 0.717) is 24.6 Å². The maximum atomic E-state index is 12.9. The van der Waals surface area contributed by atoms with Crippen LogP contribution in [0, 0.1) is 18.8 Å². The minimum absolute atomic E-state index is 0.130. The average Bonchev–Trinajstić information content (AvgIpc) is 3.33. The number of aromatic nitrogens is 4. The summed E-state index contributed by atoms with van der Waals surface area (Å²) in [4.78, 5) is 37.6. The molecule has 26 heavy (non-hydrogen) atoms. The van der Waals surface area contributed by atoms with Gasteiger partial charge in [0, 0.05) is 24.8 Å². The highest BCUT2D eigenvalue weighted by molar-refractivity contribution is 6.22. The highest BCUT2D eigenvalue weighted by atomic mass is 16.2. The molecule has 2 amide bonds. The van der Waals surface area contributed by atoms with Gasteiger partial charge in [-0.2, -0.15) is 14.6 Å². The predicted molar refractivity (Wildman–Crippen MR) is 93.6 cm³/mol. The van der Waals surface area contributed by atoms with E-state index >= 15 is 0 Å². The lowest BCUT2D eigenvalue weighted by atomic mass is 10.00. The summed E-state index contributed by atoms with van der Waals surface area (Å²) in [6, 6.07) is 11.0. The van der Waals surface area contributed by atoms with Gasteiger partial charge in [0.05, 0.1) is 17.5 Å². The minimum Gasteiger partial charge on any atom is -0.355 e. The molecule has 2 atom stereocenters. The molecule has 0 spiro atoms. The number of nitrogens with zero attached hydrogens (tertiary/aromatic N) is 6. The Morgan fingerprint density at radius 2 is 1.73 bits per heavy atom. The van der Waals surface area contributed by atoms with E-state index in [1.165, 1.54) is 11.2 Å². The normalized spacial score (nSPS) is 22.5. The lowest BCUT2D eigenvalue weighted by Crippen LogP contribution is -2.36. The van der Waals surface area contributed by atoms with Crippen molar-refractivity contribution in [2.75, 3.05) is 22.9 Å². The molecule has 3 aromatic rings. The number of aryl methyl sites for hydroxylation is 1. The van der Waals surface area contributed by atoms with Crippen molar-refractivity contribution in [2.45, 2.75) is 6.92 Å². The van der Waals surface area contributed by atoms with Crippen molar-refractivity contribution in [1.29, 1.82) is 0 Å². The van der Waals surface area contributed by atoms with Crippen LogP contribution in [0.4, 0.5) is 11.5 Å². The molecule has 8 heteroatoms. The molecular weight excluding hydrogens is 332 g/mol. The number of hydrogen-bond donors (Lipinski definition) is 0. The molecule has 5 rings (SSSR count). The standard InChI is InChI=1S/C18H16N6O2/c1-11-7-15(24-18(21-11)19-10-20-24)22-8-13-14(9-22)17(26)23(16(13)25)12-5-3-2-4-6-12/h2-7,10,13-14H,8-9H2,1H3. The number of rotatable bonds is 2. The van der Waals surface area contributed by atoms with Gasteiger partial charge in [0.15, 0.2) is 0 Å². The third-order valence-corrected chi connectivity index (χ3v) is 5.09. The van der Waals surface area contributed by atoms with Crippen molar-refractivity contribution >= 4 is 29.1 Å². The molecule has 0 N–H and O–H groups in total. The maximum Gasteiger partial charge on any atom is 0.254 e. The quantitative estimate of drug-likeness (QED) is 0.644. The van der Waals surface area contributed by atoms with Gasteiger partial charge in [0.1, 0.15) is 12.1 Å². The molecule has 0 saturated carbocycles. The molecule has 2 fully saturated rings. The molecule has 0 radical (unpaired) electrons. The third-order valence-electron chi connectivity index (χ3n) is 5.09. The Balaban J connectivity index is 1.48. The van der Waals surface area contributed by atoms with Crippen LogP contribution in [0.15, 0.2) is 42.7 Å². The van der Waals surface area contributed by atoms with Crippen molar-refractivity contribution in [1.82, 2.24) is 19.6 Å². The summed E-state index contributed by atoms with van der Waals surface area (Å²) in [5.74, 6) is 0.389. The van der Waals surface area contributed by atoms with E-state index in [0.717, 1.165) is 11.5 Å². The van der Waals surface area contributed by atoms with Crippen LogP contribution in [0.3, 0.4) is 0 Å². The highest BCUT2D eigenvalue weighted by Gasteiger charge is 2.53. The van der Waals surface area contributed by atoms with Gasteiger partial charge < -0.3 is 4.90 Å². The highest BCUT2D eigenvalue weighted by Crippen LogP contribution is 2.38. The SMILES string of the molecule is Cc1cc(N2CC3C(=O)N(c4ccccc4)C(=O)C3C2)n2ncnc2n1. The molecule has 0 aliphatic carbocycles. The number of anilines is 2. The molecule has 0 bridgehead atoms. The van der Waals surface area contributed by atoms with Gasteiger partial charge in [-0.25, -0.2) is 9.88 Å². The van der Waals surface area contributed by atoms with Gasteiger partial charge >= 0.3 is 0 Å². The Bertz CT molecular complexity index is 1010. The second kappa shape index (κ2) is 5.35. The number of imide groups is 1. The summed E-state index contributed by atoms with van der Waals surface area (Å²) < 4.78 is 1.65. The van der Waals surface area contributed by atoms with E-state index in [-0.39, 0.29) is 23.7 Å². The molecule has 2 aliphatic heterocycles. The summed E-state index contributed by atoms with van der Waals surface area (Å²) in [6.45, 7) is 2.86. The third kappa shape index (κ3) is 2.05. The first kappa shape index (κ1) is 15.0. The summed E-state index contributed by atoms with van der Waals surface area (Å²) >= 11 is 0. The number of hydrogen-bond acceptors (Lipinski definition) is 6. The van der Waals surface area contributed by atoms with Crippen molar-refractivity contribution in [2.24, 2.45) is 11.8 Å². The van der Waals surface area contributed by atoms with Crippen molar-refractivity contribution in [3.8, 4) is 0 Å². The van der Waals surface area contributed by atoms with Crippen LogP contribution in [0.1, 0.15) is 5.69 Å². The van der Waals surface area contributed by atoms with E-state index in [1.54, 1.807) is 16.6 Å². The smallest absolute Gasteiger partial charge is 0.254 e. The molecule has 8 nitrogen and oxygen atoms in total. The first-order chi connectivity index (χ1) is 12.6. The minimum atomic E-state index is -0.338. The zero-order chi connectivity index (χ0) is 17.8. The molecule has 4 heterocycles. The summed E-state index contributed by atoms with van der Waals surface area (Å²) in [6.07, 6.45) is 1.45. The van der Waals surface area contributed by atoms with Gasteiger partial charge in [0.25, 0.3) is 5.78 Å². The van der Waals surface area contributed by atoms with Gasteiger partial charge in [-0.3, -0.25) is 9.59 Å². The van der Waals surface area contributed by atoms with Crippen LogP contribution in [0.5, 0.6) is 0 Å². The molecular formula is C18H16N6O2. The first-order valence-electron chi connectivity index (χ1n) is 8.48. The molecule has 2 aliphatic rings. The number of amides is 2. The predicted octanol–water partition coefficient (Wildman–Crippen LogP) is 1.06. The zero-order valence-electron chi connectivity index (χ0n) is 14.1. The lowest BCUT2D eigenvalue weighted by molar-refractivity contribution is -0.122. The van der Waals surface area contributed by atoms with Gasteiger partial charge in [-0.1, -0.05) is 18.2 Å². The fourth-order valence-electron chi connectivity index (χ4n) is 3.90. The monoisotopic (exact) mass is 348 g/mol. The molecule has 1 aromatic carbocycles. The summed E-state index contributed by atoms with van der Waals surface area (Å²) in [7, 11) is 0. The number of carbonyl (C=O) groups is 2. The van der Waals surface area contributed by atoms with E-state index in [4.69, 9.17) is 0 Å². The van der Waals surface area contributed by atoms with Crippen LogP contribution >= 0.6 is 0 Å². The van der Waals surface area contributed by atoms with Gasteiger partial charge in [-0.15, -0.1) is 0 Å². The zero-order valence-corrected chi connectivity index (χ0v) is 14.1. The van der Waals surface area contributed by atoms with Crippen LogP contribution in [-0.4, -0.2) is 44.5 Å². The van der Waals surface area contributed by atoms with E-state index in [2.05, 4.69) is 15.1 Å². The van der Waals surface area contributed by atoms with E-state index < -0.39 is 0 Å².